The molecular formula is C15H14BrNO. The first-order chi connectivity index (χ1) is 8.81. The number of nitrogens with one attached hydrogen (secondary N) is 1. The molecule has 1 aliphatic rings. The first kappa shape index (κ1) is 11.6. The predicted octanol–water partition coefficient (Wildman–Crippen LogP) is 4.00. The van der Waals surface area contributed by atoms with Crippen LogP contribution in [0.3, 0.4) is 0 Å². The highest BCUT2D eigenvalue weighted by Gasteiger charge is 2.09. The first-order valence-corrected chi connectivity index (χ1v) is 6.84. The fourth-order valence-corrected chi connectivity index (χ4v) is 2.39. The van der Waals surface area contributed by atoms with Crippen LogP contribution in [0.5, 0.6) is 5.75 Å². The topological polar surface area (TPSA) is 21.3 Å². The number of rotatable bonds is 3. The van der Waals surface area contributed by atoms with E-state index in [0.29, 0.717) is 6.61 Å². The highest BCUT2D eigenvalue weighted by atomic mass is 79.9. The van der Waals surface area contributed by atoms with Gasteiger partial charge in [-0.05, 0) is 47.9 Å². The van der Waals surface area contributed by atoms with E-state index in [1.54, 1.807) is 0 Å². The Bertz CT molecular complexity index is 551. The van der Waals surface area contributed by atoms with Gasteiger partial charge in [0.05, 0.1) is 0 Å². The molecule has 3 rings (SSSR count). The van der Waals surface area contributed by atoms with E-state index in [0.717, 1.165) is 23.2 Å². The lowest BCUT2D eigenvalue weighted by atomic mass is 10.1. The SMILES string of the molecule is Brc1ccc(OCc2ccc3c(c2)NCC3)cc1. The van der Waals surface area contributed by atoms with Gasteiger partial charge >= 0.3 is 0 Å². The Morgan fingerprint density at radius 2 is 1.94 bits per heavy atom. The fourth-order valence-electron chi connectivity index (χ4n) is 2.13. The van der Waals surface area contributed by atoms with Crippen LogP contribution in [0.25, 0.3) is 0 Å². The highest BCUT2D eigenvalue weighted by molar-refractivity contribution is 9.10. The van der Waals surface area contributed by atoms with Crippen molar-refractivity contribution in [2.45, 2.75) is 13.0 Å². The summed E-state index contributed by atoms with van der Waals surface area (Å²) in [5, 5.41) is 3.38. The zero-order chi connectivity index (χ0) is 12.4. The van der Waals surface area contributed by atoms with Crippen molar-refractivity contribution in [2.75, 3.05) is 11.9 Å². The molecule has 0 aromatic heterocycles. The van der Waals surface area contributed by atoms with Gasteiger partial charge in [-0.15, -0.1) is 0 Å². The van der Waals surface area contributed by atoms with Crippen LogP contribution in [0.15, 0.2) is 46.9 Å². The lowest BCUT2D eigenvalue weighted by Crippen LogP contribution is -1.96. The van der Waals surface area contributed by atoms with Gasteiger partial charge in [-0.2, -0.15) is 0 Å². The van der Waals surface area contributed by atoms with Gasteiger partial charge in [0.1, 0.15) is 12.4 Å². The van der Waals surface area contributed by atoms with E-state index in [1.165, 1.54) is 16.8 Å². The maximum absolute atomic E-state index is 5.76. The zero-order valence-corrected chi connectivity index (χ0v) is 11.5. The molecule has 0 fully saturated rings. The number of anilines is 1. The fraction of sp³-hybridized carbons (Fsp3) is 0.200. The molecule has 18 heavy (non-hydrogen) atoms. The van der Waals surface area contributed by atoms with Crippen molar-refractivity contribution < 1.29 is 4.74 Å². The number of hydrogen-bond acceptors (Lipinski definition) is 2. The summed E-state index contributed by atoms with van der Waals surface area (Å²) in [5.41, 5.74) is 3.86. The van der Waals surface area contributed by atoms with E-state index in [4.69, 9.17) is 4.74 Å². The van der Waals surface area contributed by atoms with Gasteiger partial charge in [0.2, 0.25) is 0 Å². The molecule has 2 aromatic rings. The Hall–Kier alpha value is -1.48. The second-order valence-electron chi connectivity index (χ2n) is 4.41. The lowest BCUT2D eigenvalue weighted by molar-refractivity contribution is 0.306. The molecule has 1 heterocycles. The first-order valence-electron chi connectivity index (χ1n) is 6.05. The van der Waals surface area contributed by atoms with Gasteiger partial charge in [0, 0.05) is 16.7 Å². The van der Waals surface area contributed by atoms with Crippen molar-refractivity contribution in [2.24, 2.45) is 0 Å². The third-order valence-electron chi connectivity index (χ3n) is 3.10. The molecule has 0 unspecified atom stereocenters. The normalized spacial score (nSPS) is 12.9. The highest BCUT2D eigenvalue weighted by Crippen LogP contribution is 2.24. The second-order valence-corrected chi connectivity index (χ2v) is 5.33. The van der Waals surface area contributed by atoms with Crippen LogP contribution < -0.4 is 10.1 Å². The van der Waals surface area contributed by atoms with Crippen LogP contribution >= 0.6 is 15.9 Å². The number of ether oxygens (including phenoxy) is 1. The molecular weight excluding hydrogens is 290 g/mol. The van der Waals surface area contributed by atoms with Gasteiger partial charge in [0.25, 0.3) is 0 Å². The Morgan fingerprint density at radius 3 is 2.78 bits per heavy atom. The molecule has 2 aromatic carbocycles. The van der Waals surface area contributed by atoms with Crippen molar-refractivity contribution in [1.29, 1.82) is 0 Å². The smallest absolute Gasteiger partial charge is 0.119 e. The average molecular weight is 304 g/mol. The van der Waals surface area contributed by atoms with E-state index < -0.39 is 0 Å². The molecule has 0 saturated heterocycles. The minimum absolute atomic E-state index is 0.608. The van der Waals surface area contributed by atoms with Gasteiger partial charge in [-0.3, -0.25) is 0 Å². The summed E-state index contributed by atoms with van der Waals surface area (Å²) in [6, 6.07) is 14.4. The molecule has 1 aliphatic heterocycles. The van der Waals surface area contributed by atoms with Crippen molar-refractivity contribution in [1.82, 2.24) is 0 Å². The van der Waals surface area contributed by atoms with E-state index in [1.807, 2.05) is 24.3 Å². The summed E-state index contributed by atoms with van der Waals surface area (Å²) >= 11 is 3.41. The molecule has 0 atom stereocenters. The van der Waals surface area contributed by atoms with Crippen LogP contribution in [0.2, 0.25) is 0 Å². The Morgan fingerprint density at radius 1 is 1.11 bits per heavy atom. The van der Waals surface area contributed by atoms with Gasteiger partial charge in [-0.1, -0.05) is 28.1 Å². The van der Waals surface area contributed by atoms with E-state index in [2.05, 4.69) is 39.4 Å². The van der Waals surface area contributed by atoms with Gasteiger partial charge < -0.3 is 10.1 Å². The zero-order valence-electron chi connectivity index (χ0n) is 9.95. The summed E-state index contributed by atoms with van der Waals surface area (Å²) in [4.78, 5) is 0. The monoisotopic (exact) mass is 303 g/mol. The quantitative estimate of drug-likeness (QED) is 0.925. The number of hydrogen-bond donors (Lipinski definition) is 1. The van der Waals surface area contributed by atoms with Crippen molar-refractivity contribution >= 4 is 21.6 Å². The summed E-state index contributed by atoms with van der Waals surface area (Å²) in [6.07, 6.45) is 1.13. The predicted molar refractivity (Wildman–Crippen MR) is 77.1 cm³/mol. The van der Waals surface area contributed by atoms with Crippen LogP contribution in [-0.2, 0) is 13.0 Å². The Labute approximate surface area is 115 Å². The van der Waals surface area contributed by atoms with Crippen molar-refractivity contribution in [3.8, 4) is 5.75 Å². The van der Waals surface area contributed by atoms with Gasteiger partial charge in [-0.25, -0.2) is 0 Å². The molecule has 2 nitrogen and oxygen atoms in total. The van der Waals surface area contributed by atoms with Crippen molar-refractivity contribution in [3.05, 3.63) is 58.1 Å². The van der Waals surface area contributed by atoms with Gasteiger partial charge in [0.15, 0.2) is 0 Å². The molecule has 0 amide bonds. The maximum atomic E-state index is 5.76. The Balaban J connectivity index is 1.68. The molecule has 0 spiro atoms. The molecule has 92 valence electrons. The number of halogens is 1. The lowest BCUT2D eigenvalue weighted by Gasteiger charge is -2.08. The summed E-state index contributed by atoms with van der Waals surface area (Å²) < 4.78 is 6.82. The van der Waals surface area contributed by atoms with Crippen LogP contribution in [0.4, 0.5) is 5.69 Å². The minimum Gasteiger partial charge on any atom is -0.489 e. The van der Waals surface area contributed by atoms with E-state index >= 15 is 0 Å². The standard InChI is InChI=1S/C15H14BrNO/c16-13-3-5-14(6-4-13)18-10-11-1-2-12-7-8-17-15(12)9-11/h1-6,9,17H,7-8,10H2. The average Bonchev–Trinajstić information content (AvgIpc) is 2.85. The molecule has 0 saturated carbocycles. The molecule has 0 aliphatic carbocycles. The van der Waals surface area contributed by atoms with Crippen LogP contribution in [-0.4, -0.2) is 6.54 Å². The summed E-state index contributed by atoms with van der Waals surface area (Å²) in [5.74, 6) is 0.895. The molecule has 0 radical (unpaired) electrons. The van der Waals surface area contributed by atoms with Crippen molar-refractivity contribution in [3.63, 3.8) is 0 Å². The third kappa shape index (κ3) is 2.51. The number of fused-ring (bicyclic) bond motifs is 1. The Kier molecular flexibility index (Phi) is 3.24. The second kappa shape index (κ2) is 5.02. The van der Waals surface area contributed by atoms with Crippen LogP contribution in [0.1, 0.15) is 11.1 Å². The third-order valence-corrected chi connectivity index (χ3v) is 3.63. The van der Waals surface area contributed by atoms with E-state index in [9.17, 15) is 0 Å². The number of benzene rings is 2. The van der Waals surface area contributed by atoms with E-state index in [-0.39, 0.29) is 0 Å². The molecule has 0 bridgehead atoms. The largest absolute Gasteiger partial charge is 0.489 e. The summed E-state index contributed by atoms with van der Waals surface area (Å²) in [7, 11) is 0. The minimum atomic E-state index is 0.608. The maximum Gasteiger partial charge on any atom is 0.119 e. The summed E-state index contributed by atoms with van der Waals surface area (Å²) in [6.45, 7) is 1.66. The molecule has 1 N–H and O–H groups in total. The molecule has 3 heteroatoms. The van der Waals surface area contributed by atoms with Crippen LogP contribution in [0, 0.1) is 0 Å².